The molecule has 0 bridgehead atoms. The van der Waals surface area contributed by atoms with Crippen LogP contribution < -0.4 is 4.74 Å². The molecule has 128 valence electrons. The van der Waals surface area contributed by atoms with E-state index >= 15 is 0 Å². The monoisotopic (exact) mass is 331 g/mol. The Bertz CT molecular complexity index is 671. The lowest BCUT2D eigenvalue weighted by Crippen LogP contribution is -2.38. The van der Waals surface area contributed by atoms with Crippen molar-refractivity contribution in [1.82, 2.24) is 4.90 Å². The predicted molar refractivity (Wildman–Crippen MR) is 87.4 cm³/mol. The quantitative estimate of drug-likeness (QED) is 0.838. The Morgan fingerprint density at radius 3 is 2.54 bits per heavy atom. The highest BCUT2D eigenvalue weighted by atomic mass is 16.5. The summed E-state index contributed by atoms with van der Waals surface area (Å²) in [4.78, 5) is 25.9. The van der Waals surface area contributed by atoms with Crippen molar-refractivity contribution in [1.29, 1.82) is 0 Å². The van der Waals surface area contributed by atoms with Gasteiger partial charge in [-0.15, -0.1) is 0 Å². The number of carbonyl (C=O) groups excluding carboxylic acids is 2. The zero-order chi connectivity index (χ0) is 17.3. The van der Waals surface area contributed by atoms with E-state index in [-0.39, 0.29) is 24.3 Å². The smallest absolute Gasteiger partial charge is 0.296 e. The van der Waals surface area contributed by atoms with Gasteiger partial charge in [-0.25, -0.2) is 0 Å². The van der Waals surface area contributed by atoms with Crippen molar-refractivity contribution < 1.29 is 24.2 Å². The van der Waals surface area contributed by atoms with E-state index < -0.39 is 17.6 Å². The number of aliphatic hydroxyl groups is 1. The van der Waals surface area contributed by atoms with E-state index in [0.717, 1.165) is 17.7 Å². The van der Waals surface area contributed by atoms with E-state index in [1.54, 1.807) is 24.3 Å². The summed E-state index contributed by atoms with van der Waals surface area (Å²) in [7, 11) is 0. The van der Waals surface area contributed by atoms with Crippen molar-refractivity contribution in [2.75, 3.05) is 13.2 Å². The van der Waals surface area contributed by atoms with Crippen LogP contribution in [0.4, 0.5) is 0 Å². The third kappa shape index (κ3) is 3.14. The second kappa shape index (κ2) is 6.65. The van der Waals surface area contributed by atoms with Crippen LogP contribution in [0.15, 0.2) is 30.0 Å². The number of hydrogen-bond acceptors (Lipinski definition) is 5. The Labute approximate surface area is 140 Å². The molecule has 1 atom stereocenters. The van der Waals surface area contributed by atoms with Gasteiger partial charge >= 0.3 is 0 Å². The van der Waals surface area contributed by atoms with Gasteiger partial charge in [-0.2, -0.15) is 0 Å². The summed E-state index contributed by atoms with van der Waals surface area (Å²) in [5, 5.41) is 10.1. The first-order valence-electron chi connectivity index (χ1n) is 8.15. The van der Waals surface area contributed by atoms with Crippen LogP contribution in [0, 0.1) is 0 Å². The molecule has 2 aliphatic heterocycles. The van der Waals surface area contributed by atoms with Crippen molar-refractivity contribution in [3.63, 3.8) is 0 Å². The van der Waals surface area contributed by atoms with Crippen molar-refractivity contribution in [2.24, 2.45) is 0 Å². The molecule has 0 aromatic heterocycles. The summed E-state index contributed by atoms with van der Waals surface area (Å²) in [5.74, 6) is -0.976. The number of imide groups is 1. The molecule has 2 amide bonds. The summed E-state index contributed by atoms with van der Waals surface area (Å²) in [6.45, 7) is 4.67. The molecular weight excluding hydrogens is 310 g/mol. The number of nitrogens with zero attached hydrogens (tertiary/aromatic N) is 1. The Balaban J connectivity index is 1.79. The molecule has 3 rings (SSSR count). The van der Waals surface area contributed by atoms with E-state index in [1.165, 1.54) is 0 Å². The molecule has 0 spiro atoms. The van der Waals surface area contributed by atoms with E-state index in [1.807, 2.05) is 13.8 Å². The predicted octanol–water partition coefficient (Wildman–Crippen LogP) is 2.29. The molecule has 1 aromatic carbocycles. The molecule has 6 heteroatoms. The van der Waals surface area contributed by atoms with E-state index in [0.29, 0.717) is 17.9 Å². The van der Waals surface area contributed by atoms with E-state index in [4.69, 9.17) is 9.47 Å². The Morgan fingerprint density at radius 2 is 1.96 bits per heavy atom. The summed E-state index contributed by atoms with van der Waals surface area (Å²) in [6, 6.07) is 6.78. The number of ether oxygens (including phenoxy) is 2. The second-order valence-corrected chi connectivity index (χ2v) is 6.27. The summed E-state index contributed by atoms with van der Waals surface area (Å²) >= 11 is 0. The van der Waals surface area contributed by atoms with E-state index in [9.17, 15) is 14.7 Å². The molecule has 1 aromatic rings. The van der Waals surface area contributed by atoms with Crippen molar-refractivity contribution in [3.05, 3.63) is 35.6 Å². The maximum Gasteiger partial charge on any atom is 0.296 e. The molecule has 1 saturated heterocycles. The molecular formula is C18H21NO5. The minimum absolute atomic E-state index is 0.0362. The SMILES string of the molecule is CC(C)Oc1ccc(C2=C(O)C(=O)N(CC3CCCO3)C2=O)cc1. The zero-order valence-corrected chi connectivity index (χ0v) is 13.8. The van der Waals surface area contributed by atoms with Crippen LogP contribution in [0.1, 0.15) is 32.3 Å². The largest absolute Gasteiger partial charge is 0.502 e. The maximum absolute atomic E-state index is 12.6. The minimum atomic E-state index is -0.659. The highest BCUT2D eigenvalue weighted by Gasteiger charge is 2.40. The average Bonchev–Trinajstić information content (AvgIpc) is 3.12. The summed E-state index contributed by atoms with van der Waals surface area (Å²) in [5.41, 5.74) is 0.533. The lowest BCUT2D eigenvalue weighted by Gasteiger charge is -2.18. The van der Waals surface area contributed by atoms with Crippen LogP contribution in [0.5, 0.6) is 5.75 Å². The van der Waals surface area contributed by atoms with Gasteiger partial charge in [0.2, 0.25) is 0 Å². The number of carbonyl (C=O) groups is 2. The number of rotatable bonds is 5. The van der Waals surface area contributed by atoms with Gasteiger partial charge in [0.15, 0.2) is 5.76 Å². The normalized spacial score (nSPS) is 21.3. The molecule has 1 N–H and O–H groups in total. The van der Waals surface area contributed by atoms with Crippen LogP contribution in [0.3, 0.4) is 0 Å². The van der Waals surface area contributed by atoms with Crippen molar-refractivity contribution in [3.8, 4) is 5.75 Å². The fourth-order valence-electron chi connectivity index (χ4n) is 2.95. The minimum Gasteiger partial charge on any atom is -0.502 e. The Hall–Kier alpha value is -2.34. The van der Waals surface area contributed by atoms with Gasteiger partial charge in [-0.05, 0) is 44.4 Å². The molecule has 24 heavy (non-hydrogen) atoms. The molecule has 1 unspecified atom stereocenters. The third-order valence-corrected chi connectivity index (χ3v) is 4.07. The fourth-order valence-corrected chi connectivity index (χ4v) is 2.95. The van der Waals surface area contributed by atoms with Crippen LogP contribution in [0.2, 0.25) is 0 Å². The molecule has 6 nitrogen and oxygen atoms in total. The van der Waals surface area contributed by atoms with Crippen molar-refractivity contribution >= 4 is 17.4 Å². The molecule has 2 aliphatic rings. The lowest BCUT2D eigenvalue weighted by molar-refractivity contribution is -0.139. The van der Waals surface area contributed by atoms with Gasteiger partial charge in [-0.1, -0.05) is 12.1 Å². The van der Waals surface area contributed by atoms with Gasteiger partial charge in [0.1, 0.15) is 5.75 Å². The van der Waals surface area contributed by atoms with Crippen LogP contribution in [0.25, 0.3) is 5.57 Å². The summed E-state index contributed by atoms with van der Waals surface area (Å²) < 4.78 is 11.0. The average molecular weight is 331 g/mol. The van der Waals surface area contributed by atoms with Crippen LogP contribution in [-0.4, -0.2) is 47.2 Å². The third-order valence-electron chi connectivity index (χ3n) is 4.07. The number of benzene rings is 1. The topological polar surface area (TPSA) is 76.1 Å². The second-order valence-electron chi connectivity index (χ2n) is 6.27. The van der Waals surface area contributed by atoms with Crippen molar-refractivity contribution in [2.45, 2.75) is 38.9 Å². The van der Waals surface area contributed by atoms with Crippen LogP contribution in [-0.2, 0) is 14.3 Å². The molecule has 1 fully saturated rings. The highest BCUT2D eigenvalue weighted by Crippen LogP contribution is 2.30. The van der Waals surface area contributed by atoms with Crippen LogP contribution >= 0.6 is 0 Å². The zero-order valence-electron chi connectivity index (χ0n) is 13.8. The first kappa shape index (κ1) is 16.5. The highest BCUT2D eigenvalue weighted by molar-refractivity contribution is 6.34. The lowest BCUT2D eigenvalue weighted by atomic mass is 10.1. The fraction of sp³-hybridized carbons (Fsp3) is 0.444. The molecule has 2 heterocycles. The van der Waals surface area contributed by atoms with E-state index in [2.05, 4.69) is 0 Å². The maximum atomic E-state index is 12.6. The number of amides is 2. The Kier molecular flexibility index (Phi) is 4.57. The number of aliphatic hydroxyl groups excluding tert-OH is 1. The first-order chi connectivity index (χ1) is 11.5. The molecule has 0 aliphatic carbocycles. The summed E-state index contributed by atoms with van der Waals surface area (Å²) in [6.07, 6.45) is 1.63. The van der Waals surface area contributed by atoms with Gasteiger partial charge in [0.05, 0.1) is 24.3 Å². The molecule has 0 saturated carbocycles. The molecule has 0 radical (unpaired) electrons. The van der Waals surface area contributed by atoms with Gasteiger partial charge < -0.3 is 14.6 Å². The first-order valence-corrected chi connectivity index (χ1v) is 8.15. The van der Waals surface area contributed by atoms with Gasteiger partial charge in [-0.3, -0.25) is 14.5 Å². The Morgan fingerprint density at radius 1 is 1.25 bits per heavy atom. The standard InChI is InChI=1S/C18H21NO5/c1-11(2)24-13-7-5-12(6-8-13)15-16(20)18(22)19(17(15)21)10-14-4-3-9-23-14/h5-8,11,14,20H,3-4,9-10H2,1-2H3. The number of hydrogen-bond donors (Lipinski definition) is 1. The van der Waals surface area contributed by atoms with Gasteiger partial charge in [0.25, 0.3) is 11.8 Å². The van der Waals surface area contributed by atoms with Gasteiger partial charge in [0, 0.05) is 6.61 Å².